The molecule has 1 aliphatic rings. The van der Waals surface area contributed by atoms with Gasteiger partial charge in [-0.15, -0.1) is 23.1 Å². The minimum absolute atomic E-state index is 0.271. The molecular weight excluding hydrogens is 476 g/mol. The summed E-state index contributed by atoms with van der Waals surface area (Å²) in [5, 5.41) is 10.5. The van der Waals surface area contributed by atoms with Gasteiger partial charge in [-0.2, -0.15) is 0 Å². The largest absolute Gasteiger partial charge is 0.497 e. The molecule has 35 heavy (non-hydrogen) atoms. The molecule has 1 saturated heterocycles. The summed E-state index contributed by atoms with van der Waals surface area (Å²) >= 11 is 3.80. The van der Waals surface area contributed by atoms with E-state index >= 15 is 0 Å². The number of fused-ring (bicyclic) bond motifs is 1. The normalized spacial score (nSPS) is 18.7. The van der Waals surface area contributed by atoms with Gasteiger partial charge in [0.1, 0.15) is 5.75 Å². The number of ether oxygens (including phenoxy) is 1. The van der Waals surface area contributed by atoms with Crippen LogP contribution in [0.25, 0.3) is 10.9 Å². The predicted molar refractivity (Wildman–Crippen MR) is 146 cm³/mol. The molecule has 0 spiro atoms. The van der Waals surface area contributed by atoms with Crippen LogP contribution in [0.3, 0.4) is 0 Å². The molecule has 0 unspecified atom stereocenters. The molecule has 0 bridgehead atoms. The molecule has 1 aliphatic heterocycles. The molecule has 4 rings (SSSR count). The van der Waals surface area contributed by atoms with Gasteiger partial charge >= 0.3 is 5.97 Å². The first-order valence-corrected chi connectivity index (χ1v) is 14.4. The smallest absolute Gasteiger partial charge is 0.303 e. The van der Waals surface area contributed by atoms with E-state index in [1.54, 1.807) is 7.11 Å². The molecule has 0 aliphatic carbocycles. The van der Waals surface area contributed by atoms with E-state index in [0.717, 1.165) is 68.8 Å². The quantitative estimate of drug-likeness (QED) is 0.278. The van der Waals surface area contributed by atoms with E-state index in [-0.39, 0.29) is 6.42 Å². The summed E-state index contributed by atoms with van der Waals surface area (Å²) in [6.07, 6.45) is 7.38. The number of thioether (sulfide) groups is 1. The number of aromatic nitrogens is 1. The first-order valence-electron chi connectivity index (χ1n) is 12.6. The van der Waals surface area contributed by atoms with Crippen molar-refractivity contribution in [2.45, 2.75) is 49.7 Å². The zero-order valence-corrected chi connectivity index (χ0v) is 22.4. The van der Waals surface area contributed by atoms with E-state index in [1.807, 2.05) is 41.4 Å². The van der Waals surface area contributed by atoms with Gasteiger partial charge in [0.2, 0.25) is 0 Å². The van der Waals surface area contributed by atoms with Crippen LogP contribution < -0.4 is 4.74 Å². The van der Waals surface area contributed by atoms with Gasteiger partial charge < -0.3 is 14.7 Å². The maximum Gasteiger partial charge on any atom is 0.303 e. The second-order valence-electron chi connectivity index (χ2n) is 9.50. The molecule has 3 heterocycles. The number of benzene rings is 1. The number of likely N-dealkylation sites (tertiary alicyclic amines) is 1. The van der Waals surface area contributed by atoms with Gasteiger partial charge in [-0.1, -0.05) is 0 Å². The molecule has 1 aromatic carbocycles. The van der Waals surface area contributed by atoms with Crippen LogP contribution in [0, 0.1) is 18.8 Å². The van der Waals surface area contributed by atoms with E-state index in [1.165, 1.54) is 20.0 Å². The van der Waals surface area contributed by atoms with E-state index in [4.69, 9.17) is 4.74 Å². The summed E-state index contributed by atoms with van der Waals surface area (Å²) < 4.78 is 6.81. The van der Waals surface area contributed by atoms with Crippen molar-refractivity contribution in [1.29, 1.82) is 0 Å². The summed E-state index contributed by atoms with van der Waals surface area (Å²) in [6, 6.07) is 12.6. The van der Waals surface area contributed by atoms with E-state index in [2.05, 4.69) is 41.1 Å². The zero-order valence-electron chi connectivity index (χ0n) is 20.7. The highest BCUT2D eigenvalue weighted by Gasteiger charge is 2.29. The Balaban J connectivity index is 1.31. The zero-order chi connectivity index (χ0) is 24.6. The van der Waals surface area contributed by atoms with Gasteiger partial charge in [-0.3, -0.25) is 9.78 Å². The minimum atomic E-state index is -0.679. The SMILES string of the molecule is COc1ccc2nccc(CCC[C@@H]3CCN(CCSc4ccc(C)s4)C[C@@H]3CCC(=O)O)c2c1. The fourth-order valence-electron chi connectivity index (χ4n) is 5.22. The number of nitrogens with zero attached hydrogens (tertiary/aromatic N) is 2. The Morgan fingerprint density at radius 3 is 2.89 bits per heavy atom. The van der Waals surface area contributed by atoms with E-state index in [0.29, 0.717) is 11.8 Å². The number of hydrogen-bond acceptors (Lipinski definition) is 6. The van der Waals surface area contributed by atoms with E-state index < -0.39 is 5.97 Å². The molecule has 0 saturated carbocycles. The third-order valence-electron chi connectivity index (χ3n) is 7.13. The standard InChI is InChI=1S/C28H36N2O3S2/c1-20-6-11-28(35-20)34-17-16-30-15-13-21(23(19-30)7-10-27(31)32)4-3-5-22-12-14-29-26-9-8-24(33-2)18-25(22)26/h6,8-9,11-12,14,18,21,23H,3-5,7,10,13,15-17,19H2,1-2H3,(H,31,32)/t21-,23+/m1/s1. The fourth-order valence-corrected chi connectivity index (χ4v) is 7.41. The van der Waals surface area contributed by atoms with Gasteiger partial charge in [0, 0.05) is 41.7 Å². The highest BCUT2D eigenvalue weighted by molar-refractivity contribution is 8.01. The topological polar surface area (TPSA) is 62.7 Å². The van der Waals surface area contributed by atoms with Crippen LogP contribution in [-0.2, 0) is 11.2 Å². The number of rotatable bonds is 12. The van der Waals surface area contributed by atoms with Gasteiger partial charge in [-0.05, 0) is 99.4 Å². The Kier molecular flexibility index (Phi) is 9.46. The highest BCUT2D eigenvalue weighted by Crippen LogP contribution is 2.33. The molecule has 0 radical (unpaired) electrons. The molecule has 2 aromatic heterocycles. The van der Waals surface area contributed by atoms with Crippen LogP contribution in [0.5, 0.6) is 5.75 Å². The number of thiophene rings is 1. The van der Waals surface area contributed by atoms with Gasteiger partial charge in [0.05, 0.1) is 16.8 Å². The number of aryl methyl sites for hydroxylation is 2. The van der Waals surface area contributed by atoms with Crippen molar-refractivity contribution >= 4 is 40.0 Å². The van der Waals surface area contributed by atoms with Crippen molar-refractivity contribution in [2.24, 2.45) is 11.8 Å². The third-order valence-corrected chi connectivity index (χ3v) is 9.34. The maximum atomic E-state index is 11.3. The van der Waals surface area contributed by atoms with Crippen LogP contribution in [0.2, 0.25) is 0 Å². The van der Waals surface area contributed by atoms with Crippen molar-refractivity contribution in [3.8, 4) is 5.75 Å². The molecule has 3 aromatic rings. The average Bonchev–Trinajstić information content (AvgIpc) is 3.28. The van der Waals surface area contributed by atoms with Crippen molar-refractivity contribution in [1.82, 2.24) is 9.88 Å². The fraction of sp³-hybridized carbons (Fsp3) is 0.500. The first-order chi connectivity index (χ1) is 17.0. The van der Waals surface area contributed by atoms with Gasteiger partial charge in [-0.25, -0.2) is 0 Å². The lowest BCUT2D eigenvalue weighted by atomic mass is 9.79. The monoisotopic (exact) mass is 512 g/mol. The Bertz CT molecular complexity index is 1120. The van der Waals surface area contributed by atoms with Crippen LogP contribution in [0.4, 0.5) is 0 Å². The Labute approximate surface area is 216 Å². The van der Waals surface area contributed by atoms with Crippen LogP contribution in [0.15, 0.2) is 46.8 Å². The number of carbonyl (C=O) groups is 1. The summed E-state index contributed by atoms with van der Waals surface area (Å²) in [5.41, 5.74) is 2.32. The molecule has 1 N–H and O–H groups in total. The third kappa shape index (κ3) is 7.45. The van der Waals surface area contributed by atoms with Crippen molar-refractivity contribution < 1.29 is 14.6 Å². The molecule has 188 valence electrons. The second-order valence-corrected chi connectivity index (χ2v) is 12.2. The maximum absolute atomic E-state index is 11.3. The average molecular weight is 513 g/mol. The summed E-state index contributed by atoms with van der Waals surface area (Å²) in [7, 11) is 1.70. The Hall–Kier alpha value is -2.09. The molecule has 1 fully saturated rings. The lowest BCUT2D eigenvalue weighted by Crippen LogP contribution is -2.41. The minimum Gasteiger partial charge on any atom is -0.497 e. The summed E-state index contributed by atoms with van der Waals surface area (Å²) in [4.78, 5) is 19.7. The summed E-state index contributed by atoms with van der Waals surface area (Å²) in [5.74, 6) is 2.33. The lowest BCUT2D eigenvalue weighted by Gasteiger charge is -2.39. The lowest BCUT2D eigenvalue weighted by molar-refractivity contribution is -0.137. The van der Waals surface area contributed by atoms with Crippen LogP contribution in [-0.4, -0.2) is 53.5 Å². The number of piperidine rings is 1. The number of aliphatic carboxylic acids is 1. The van der Waals surface area contributed by atoms with Crippen molar-refractivity contribution in [3.05, 3.63) is 53.0 Å². The Morgan fingerprint density at radius 2 is 2.11 bits per heavy atom. The van der Waals surface area contributed by atoms with Crippen molar-refractivity contribution in [2.75, 3.05) is 32.5 Å². The second kappa shape index (κ2) is 12.7. The van der Waals surface area contributed by atoms with Crippen LogP contribution in [0.1, 0.15) is 42.5 Å². The predicted octanol–water partition coefficient (Wildman–Crippen LogP) is 6.53. The molecule has 7 heteroatoms. The van der Waals surface area contributed by atoms with Crippen molar-refractivity contribution in [3.63, 3.8) is 0 Å². The van der Waals surface area contributed by atoms with Gasteiger partial charge in [0.15, 0.2) is 0 Å². The highest BCUT2D eigenvalue weighted by atomic mass is 32.2. The molecule has 0 amide bonds. The van der Waals surface area contributed by atoms with Crippen LogP contribution >= 0.6 is 23.1 Å². The number of hydrogen-bond donors (Lipinski definition) is 1. The Morgan fingerprint density at radius 1 is 1.23 bits per heavy atom. The molecular formula is C28H36N2O3S2. The number of methoxy groups -OCH3 is 1. The summed E-state index contributed by atoms with van der Waals surface area (Å²) in [6.45, 7) is 5.37. The molecule has 2 atom stereocenters. The number of pyridine rings is 1. The first kappa shape index (κ1) is 26.0. The number of carboxylic acids is 1. The van der Waals surface area contributed by atoms with E-state index in [9.17, 15) is 9.90 Å². The number of carboxylic acid groups (broad SMARTS) is 1. The van der Waals surface area contributed by atoms with Gasteiger partial charge in [0.25, 0.3) is 0 Å². The molecule has 5 nitrogen and oxygen atoms in total.